The van der Waals surface area contributed by atoms with Crippen molar-refractivity contribution in [2.75, 3.05) is 14.2 Å². The Hall–Kier alpha value is -4.46. The number of methoxy groups -OCH3 is 2. The van der Waals surface area contributed by atoms with Gasteiger partial charge in [0.05, 0.1) is 14.2 Å². The molecule has 3 aromatic rings. The highest BCUT2D eigenvalue weighted by Gasteiger charge is 2.34. The highest BCUT2D eigenvalue weighted by atomic mass is 16.6. The summed E-state index contributed by atoms with van der Waals surface area (Å²) in [5, 5.41) is 0. The van der Waals surface area contributed by atoms with Crippen molar-refractivity contribution >= 4 is 23.9 Å². The summed E-state index contributed by atoms with van der Waals surface area (Å²) in [6.45, 7) is 0. The summed E-state index contributed by atoms with van der Waals surface area (Å²) in [6, 6.07) is 20.1. The number of benzene rings is 3. The van der Waals surface area contributed by atoms with Crippen LogP contribution in [0.5, 0.6) is 11.5 Å². The number of hydrogen-bond donors (Lipinski definition) is 0. The summed E-state index contributed by atoms with van der Waals surface area (Å²) in [6.07, 6.45) is 0. The quantitative estimate of drug-likeness (QED) is 0.307. The van der Waals surface area contributed by atoms with Gasteiger partial charge in [0.1, 0.15) is 22.6 Å². The third-order valence-electron chi connectivity index (χ3n) is 4.61. The van der Waals surface area contributed by atoms with E-state index >= 15 is 0 Å². The Morgan fingerprint density at radius 1 is 0.576 bits per heavy atom. The molecule has 0 unspecified atom stereocenters. The van der Waals surface area contributed by atoms with Gasteiger partial charge in [0.15, 0.2) is 5.92 Å². The summed E-state index contributed by atoms with van der Waals surface area (Å²) in [7, 11) is 2.40. The Balaban J connectivity index is 1.94. The lowest BCUT2D eigenvalue weighted by atomic mass is 9.99. The van der Waals surface area contributed by atoms with Crippen LogP contribution in [0.3, 0.4) is 0 Å². The second-order valence-corrected chi connectivity index (χ2v) is 6.66. The number of ether oxygens (including phenoxy) is 4. The van der Waals surface area contributed by atoms with Gasteiger partial charge >= 0.3 is 23.9 Å². The first kappa shape index (κ1) is 23.2. The van der Waals surface area contributed by atoms with Crippen LogP contribution in [0.1, 0.15) is 32.2 Å². The van der Waals surface area contributed by atoms with Gasteiger partial charge in [0.25, 0.3) is 0 Å². The molecule has 0 bridgehead atoms. The fraction of sp³-hybridized carbons (Fsp3) is 0.120. The van der Waals surface area contributed by atoms with Crippen molar-refractivity contribution in [3.63, 3.8) is 0 Å². The smallest absolute Gasteiger partial charge is 0.341 e. The van der Waals surface area contributed by atoms with E-state index in [2.05, 4.69) is 0 Å². The van der Waals surface area contributed by atoms with Crippen molar-refractivity contribution in [3.05, 3.63) is 95.6 Å². The summed E-state index contributed by atoms with van der Waals surface area (Å²) in [5.41, 5.74) is 0.340. The molecule has 0 aliphatic heterocycles. The van der Waals surface area contributed by atoms with Gasteiger partial charge in [-0.05, 0) is 29.8 Å². The van der Waals surface area contributed by atoms with Gasteiger partial charge in [0.2, 0.25) is 0 Å². The minimum atomic E-state index is -1.50. The predicted octanol–water partition coefficient (Wildman–Crippen LogP) is 3.55. The zero-order valence-electron chi connectivity index (χ0n) is 17.8. The lowest BCUT2D eigenvalue weighted by Crippen LogP contribution is -2.30. The molecule has 8 nitrogen and oxygen atoms in total. The molecule has 0 heterocycles. The fourth-order valence-electron chi connectivity index (χ4n) is 3.02. The highest BCUT2D eigenvalue weighted by molar-refractivity contribution is 6.04. The van der Waals surface area contributed by atoms with Crippen molar-refractivity contribution in [2.45, 2.75) is 5.92 Å². The summed E-state index contributed by atoms with van der Waals surface area (Å²) in [5.74, 6) is -5.00. The van der Waals surface area contributed by atoms with Crippen molar-refractivity contribution in [2.24, 2.45) is 0 Å². The van der Waals surface area contributed by atoms with E-state index in [-0.39, 0.29) is 22.6 Å². The molecule has 0 saturated heterocycles. The van der Waals surface area contributed by atoms with Gasteiger partial charge in [-0.2, -0.15) is 0 Å². The molecule has 168 valence electrons. The normalized spacial score (nSPS) is 10.3. The maximum absolute atomic E-state index is 13.1. The van der Waals surface area contributed by atoms with Gasteiger partial charge in [-0.1, -0.05) is 54.6 Å². The number of esters is 4. The van der Waals surface area contributed by atoms with Gasteiger partial charge < -0.3 is 18.9 Å². The maximum atomic E-state index is 13.1. The predicted molar refractivity (Wildman–Crippen MR) is 116 cm³/mol. The lowest BCUT2D eigenvalue weighted by Gasteiger charge is -2.17. The number of para-hydroxylation sites is 2. The van der Waals surface area contributed by atoms with Crippen LogP contribution in [0, 0.1) is 0 Å². The van der Waals surface area contributed by atoms with E-state index in [1.165, 1.54) is 38.5 Å². The topological polar surface area (TPSA) is 105 Å². The Morgan fingerprint density at radius 3 is 1.39 bits per heavy atom. The van der Waals surface area contributed by atoms with Crippen LogP contribution in [0.2, 0.25) is 0 Å². The molecular formula is C25H20O8. The number of carbonyl (C=O) groups excluding carboxylic acids is 4. The molecule has 33 heavy (non-hydrogen) atoms. The first-order valence-electron chi connectivity index (χ1n) is 9.79. The average molecular weight is 448 g/mol. The molecule has 0 N–H and O–H groups in total. The summed E-state index contributed by atoms with van der Waals surface area (Å²) < 4.78 is 20.2. The molecule has 0 amide bonds. The zero-order valence-corrected chi connectivity index (χ0v) is 17.8. The van der Waals surface area contributed by atoms with E-state index in [9.17, 15) is 19.2 Å². The van der Waals surface area contributed by atoms with E-state index in [1.54, 1.807) is 54.6 Å². The fourth-order valence-corrected chi connectivity index (χ4v) is 3.02. The van der Waals surface area contributed by atoms with Gasteiger partial charge in [-0.3, -0.25) is 9.59 Å². The van der Waals surface area contributed by atoms with Crippen LogP contribution in [-0.4, -0.2) is 38.1 Å². The molecule has 0 aliphatic carbocycles. The first-order chi connectivity index (χ1) is 16.0. The average Bonchev–Trinajstić information content (AvgIpc) is 2.84. The largest absolute Gasteiger partial charge is 0.465 e. The van der Waals surface area contributed by atoms with Crippen LogP contribution in [-0.2, 0) is 19.1 Å². The van der Waals surface area contributed by atoms with Crippen molar-refractivity contribution in [1.82, 2.24) is 0 Å². The number of rotatable bonds is 7. The van der Waals surface area contributed by atoms with Crippen LogP contribution in [0.4, 0.5) is 0 Å². The highest BCUT2D eigenvalue weighted by Crippen LogP contribution is 2.27. The molecular weight excluding hydrogens is 428 g/mol. The Morgan fingerprint density at radius 2 is 0.970 bits per heavy atom. The monoisotopic (exact) mass is 448 g/mol. The van der Waals surface area contributed by atoms with Gasteiger partial charge in [-0.25, -0.2) is 9.59 Å². The molecule has 0 aliphatic rings. The van der Waals surface area contributed by atoms with Crippen molar-refractivity contribution < 1.29 is 38.1 Å². The Kier molecular flexibility index (Phi) is 7.54. The second-order valence-electron chi connectivity index (χ2n) is 6.66. The van der Waals surface area contributed by atoms with Gasteiger partial charge in [0, 0.05) is 0 Å². The van der Waals surface area contributed by atoms with Crippen molar-refractivity contribution in [3.8, 4) is 11.5 Å². The van der Waals surface area contributed by atoms with E-state index < -0.39 is 29.8 Å². The van der Waals surface area contributed by atoms with Crippen LogP contribution in [0.15, 0.2) is 78.9 Å². The lowest BCUT2D eigenvalue weighted by molar-refractivity contribution is -0.147. The molecule has 0 aromatic heterocycles. The third-order valence-corrected chi connectivity index (χ3v) is 4.61. The van der Waals surface area contributed by atoms with Crippen molar-refractivity contribution in [1.29, 1.82) is 0 Å². The second kappa shape index (κ2) is 10.7. The minimum Gasteiger partial charge on any atom is -0.465 e. The third kappa shape index (κ3) is 5.43. The summed E-state index contributed by atoms with van der Waals surface area (Å²) in [4.78, 5) is 50.3. The van der Waals surface area contributed by atoms with E-state index in [4.69, 9.17) is 18.9 Å². The zero-order chi connectivity index (χ0) is 23.8. The molecule has 0 fully saturated rings. The molecule has 0 saturated carbocycles. The van der Waals surface area contributed by atoms with Crippen LogP contribution >= 0.6 is 0 Å². The van der Waals surface area contributed by atoms with Crippen LogP contribution in [0.25, 0.3) is 0 Å². The number of carbonyl (C=O) groups is 4. The van der Waals surface area contributed by atoms with Crippen LogP contribution < -0.4 is 9.47 Å². The Labute approximate surface area is 189 Å². The molecule has 3 rings (SSSR count). The van der Waals surface area contributed by atoms with E-state index in [0.717, 1.165) is 0 Å². The SMILES string of the molecule is COC(=O)c1ccccc1OC(=O)C(C(=O)Oc1ccccc1C(=O)OC)c1ccccc1. The molecule has 3 aromatic carbocycles. The minimum absolute atomic E-state index is 0.0181. The maximum Gasteiger partial charge on any atom is 0.341 e. The summed E-state index contributed by atoms with van der Waals surface area (Å²) >= 11 is 0. The first-order valence-corrected chi connectivity index (χ1v) is 9.79. The molecule has 0 radical (unpaired) electrons. The Bertz CT molecular complexity index is 1100. The number of hydrogen-bond acceptors (Lipinski definition) is 8. The van der Waals surface area contributed by atoms with Gasteiger partial charge in [-0.15, -0.1) is 0 Å². The molecule has 0 atom stereocenters. The molecule has 8 heteroatoms. The standard InChI is InChI=1S/C25H20O8/c1-30-22(26)17-12-6-8-14-19(17)32-24(28)21(16-10-4-3-5-11-16)25(29)33-20-15-9-7-13-18(20)23(27)31-2/h3-15,21H,1-2H3. The van der Waals surface area contributed by atoms with E-state index in [0.29, 0.717) is 5.56 Å². The molecule has 0 spiro atoms. The van der Waals surface area contributed by atoms with E-state index in [1.807, 2.05) is 0 Å².